The van der Waals surface area contributed by atoms with Gasteiger partial charge < -0.3 is 9.47 Å². The second kappa shape index (κ2) is 11.6. The van der Waals surface area contributed by atoms with Crippen LogP contribution in [0.3, 0.4) is 0 Å². The predicted octanol–water partition coefficient (Wildman–Crippen LogP) is 5.53. The summed E-state index contributed by atoms with van der Waals surface area (Å²) < 4.78 is 17.6. The number of piperazine rings is 1. The van der Waals surface area contributed by atoms with Crippen LogP contribution in [0.25, 0.3) is 22.0 Å². The number of imidazole rings is 1. The van der Waals surface area contributed by atoms with Crippen molar-refractivity contribution in [2.75, 3.05) is 38.5 Å². The molecule has 43 heavy (non-hydrogen) atoms. The molecular weight excluding hydrogens is 610 g/mol. The zero-order valence-corrected chi connectivity index (χ0v) is 25.7. The van der Waals surface area contributed by atoms with Gasteiger partial charge in [0.2, 0.25) is 0 Å². The third-order valence-corrected chi connectivity index (χ3v) is 9.58. The minimum absolute atomic E-state index is 0.174. The highest BCUT2D eigenvalue weighted by atomic mass is 35.5. The van der Waals surface area contributed by atoms with Gasteiger partial charge in [-0.05, 0) is 24.2 Å². The number of fused-ring (bicyclic) bond motifs is 2. The van der Waals surface area contributed by atoms with Crippen LogP contribution in [0.15, 0.2) is 54.4 Å². The highest BCUT2D eigenvalue weighted by Gasteiger charge is 2.34. The number of carbonyl (C=O) groups excluding carboxylic acids is 1. The number of benzene rings is 2. The zero-order chi connectivity index (χ0) is 29.7. The van der Waals surface area contributed by atoms with Gasteiger partial charge in [0.05, 0.1) is 28.6 Å². The molecule has 3 aromatic heterocycles. The smallest absolute Gasteiger partial charge is 0.257 e. The Labute approximate surface area is 261 Å². The van der Waals surface area contributed by atoms with Crippen molar-refractivity contribution in [1.82, 2.24) is 34.1 Å². The monoisotopic (exact) mass is 638 g/mol. The summed E-state index contributed by atoms with van der Waals surface area (Å²) in [7, 11) is 2.16. The van der Waals surface area contributed by atoms with Crippen molar-refractivity contribution in [2.24, 2.45) is 0 Å². The lowest BCUT2D eigenvalue weighted by Gasteiger charge is -2.32. The Kier molecular flexibility index (Phi) is 7.68. The number of alkyl halides is 1. The fourth-order valence-corrected chi connectivity index (χ4v) is 6.95. The summed E-state index contributed by atoms with van der Waals surface area (Å²) in [6.07, 6.45) is 4.03. The minimum atomic E-state index is -1.03. The summed E-state index contributed by atoms with van der Waals surface area (Å²) in [4.78, 5) is 27.2. The van der Waals surface area contributed by atoms with E-state index in [2.05, 4.69) is 56.4 Å². The zero-order valence-electron chi connectivity index (χ0n) is 23.4. The van der Waals surface area contributed by atoms with Crippen LogP contribution in [-0.4, -0.2) is 79.4 Å². The number of halogens is 3. The number of nitrogens with one attached hydrogen (secondary N) is 1. The largest absolute Gasteiger partial charge is 0.331 e. The topological polar surface area (TPSA) is 84.1 Å². The van der Waals surface area contributed by atoms with Gasteiger partial charge >= 0.3 is 0 Å². The molecular formula is C30H29Cl2FN8OS. The Morgan fingerprint density at radius 1 is 1.16 bits per heavy atom. The van der Waals surface area contributed by atoms with E-state index in [4.69, 9.17) is 28.3 Å². The van der Waals surface area contributed by atoms with Crippen LogP contribution >= 0.6 is 34.5 Å². The maximum Gasteiger partial charge on any atom is 0.257 e. The molecule has 222 valence electrons. The van der Waals surface area contributed by atoms with E-state index in [1.807, 2.05) is 6.07 Å². The highest BCUT2D eigenvalue weighted by Crippen LogP contribution is 2.39. The average Bonchev–Trinajstić information content (AvgIpc) is 3.79. The van der Waals surface area contributed by atoms with Gasteiger partial charge in [0.25, 0.3) is 5.91 Å². The molecule has 1 fully saturated rings. The van der Waals surface area contributed by atoms with Crippen molar-refractivity contribution in [3.8, 4) is 11.1 Å². The van der Waals surface area contributed by atoms with Crippen LogP contribution in [-0.2, 0) is 24.3 Å². The number of thiazole rings is 1. The van der Waals surface area contributed by atoms with E-state index in [-0.39, 0.29) is 13.0 Å². The number of anilines is 1. The summed E-state index contributed by atoms with van der Waals surface area (Å²) in [6, 6.07) is 9.20. The molecule has 2 aliphatic heterocycles. The molecule has 13 heteroatoms. The van der Waals surface area contributed by atoms with Gasteiger partial charge in [0.15, 0.2) is 11.2 Å². The summed E-state index contributed by atoms with van der Waals surface area (Å²) in [6.45, 7) is 5.37. The number of hydrogen-bond donors (Lipinski definition) is 1. The standard InChI is InChI=1S/C30H29Cl2FN8OS/c1-38-7-9-39(10-8-38)14-18-2-4-19(5-3-18)21-13-23(31)22-16-41(37-26(22)25(21)32)28(29(42)36-30-34-6-11-43-30)27-24-12-20(33)15-40(24)17-35-27/h2-6,11,13,16-17,20,28H,7-10,12,14-15H2,1H3,(H,34,36,42)/t20-,28?/m1/s1. The third-order valence-electron chi connectivity index (χ3n) is 8.19. The Morgan fingerprint density at radius 3 is 2.70 bits per heavy atom. The SMILES string of the molecule is CN1CCN(Cc2ccc(-c3cc(Cl)c4cn(C(C(=O)Nc5nccs5)c5ncn6c5C[C@@H](F)C6)nc4c3Cl)cc2)CC1. The van der Waals surface area contributed by atoms with Crippen LogP contribution in [0, 0.1) is 0 Å². The van der Waals surface area contributed by atoms with E-state index < -0.39 is 18.1 Å². The molecule has 0 saturated carbocycles. The van der Waals surface area contributed by atoms with Crippen molar-refractivity contribution >= 4 is 56.5 Å². The Hall–Kier alpha value is -3.35. The van der Waals surface area contributed by atoms with Crippen LogP contribution in [0.5, 0.6) is 0 Å². The highest BCUT2D eigenvalue weighted by molar-refractivity contribution is 7.13. The van der Waals surface area contributed by atoms with Crippen molar-refractivity contribution in [2.45, 2.75) is 31.7 Å². The first-order valence-electron chi connectivity index (χ1n) is 14.1. The predicted molar refractivity (Wildman–Crippen MR) is 168 cm³/mol. The maximum absolute atomic E-state index is 14.3. The lowest BCUT2D eigenvalue weighted by Crippen LogP contribution is -2.43. The van der Waals surface area contributed by atoms with Gasteiger partial charge in [-0.3, -0.25) is 19.7 Å². The molecule has 0 bridgehead atoms. The van der Waals surface area contributed by atoms with E-state index in [1.54, 1.807) is 28.7 Å². The number of aromatic nitrogens is 5. The number of hydrogen-bond acceptors (Lipinski definition) is 7. The number of likely N-dealkylation sites (N-methyl/N-ethyl adjacent to an activating group) is 1. The summed E-state index contributed by atoms with van der Waals surface area (Å²) in [5, 5.41) is 11.3. The van der Waals surface area contributed by atoms with Gasteiger partial charge in [0, 0.05) is 73.6 Å². The lowest BCUT2D eigenvalue weighted by atomic mass is 10.0. The number of nitrogens with zero attached hydrogens (tertiary/aromatic N) is 7. The Bertz CT molecular complexity index is 1780. The number of rotatable bonds is 7. The molecule has 1 N–H and O–H groups in total. The van der Waals surface area contributed by atoms with Crippen LogP contribution in [0.4, 0.5) is 9.52 Å². The molecule has 5 aromatic rings. The van der Waals surface area contributed by atoms with E-state index in [9.17, 15) is 9.18 Å². The molecule has 0 aliphatic carbocycles. The molecule has 2 aromatic carbocycles. The first-order valence-corrected chi connectivity index (χ1v) is 15.7. The molecule has 2 atom stereocenters. The molecule has 0 radical (unpaired) electrons. The summed E-state index contributed by atoms with van der Waals surface area (Å²) >= 11 is 15.1. The van der Waals surface area contributed by atoms with E-state index in [0.29, 0.717) is 37.5 Å². The molecule has 5 heterocycles. The molecule has 1 unspecified atom stereocenters. The quantitative estimate of drug-likeness (QED) is 0.252. The molecule has 9 nitrogen and oxygen atoms in total. The van der Waals surface area contributed by atoms with Gasteiger partial charge in [-0.15, -0.1) is 11.3 Å². The minimum Gasteiger partial charge on any atom is -0.331 e. The van der Waals surface area contributed by atoms with E-state index in [1.165, 1.54) is 21.6 Å². The second-order valence-electron chi connectivity index (χ2n) is 11.1. The molecule has 1 saturated heterocycles. The first-order chi connectivity index (χ1) is 20.8. The summed E-state index contributed by atoms with van der Waals surface area (Å²) in [5.41, 5.74) is 4.48. The van der Waals surface area contributed by atoms with Gasteiger partial charge in [-0.2, -0.15) is 5.10 Å². The van der Waals surface area contributed by atoms with Crippen molar-refractivity contribution in [3.63, 3.8) is 0 Å². The molecule has 0 spiro atoms. The molecule has 1 amide bonds. The third kappa shape index (κ3) is 5.56. The Balaban J connectivity index is 1.23. The van der Waals surface area contributed by atoms with E-state index >= 15 is 0 Å². The summed E-state index contributed by atoms with van der Waals surface area (Å²) in [5.74, 6) is -0.394. The van der Waals surface area contributed by atoms with Crippen LogP contribution < -0.4 is 5.32 Å². The maximum atomic E-state index is 14.3. The van der Waals surface area contributed by atoms with Crippen molar-refractivity contribution < 1.29 is 9.18 Å². The van der Waals surface area contributed by atoms with Crippen LogP contribution in [0.2, 0.25) is 10.0 Å². The van der Waals surface area contributed by atoms with Crippen molar-refractivity contribution in [3.05, 3.63) is 81.4 Å². The average molecular weight is 640 g/mol. The van der Waals surface area contributed by atoms with E-state index in [0.717, 1.165) is 43.9 Å². The van der Waals surface area contributed by atoms with Gasteiger partial charge in [-0.25, -0.2) is 14.4 Å². The number of amides is 1. The molecule has 2 aliphatic rings. The Morgan fingerprint density at radius 2 is 1.95 bits per heavy atom. The van der Waals surface area contributed by atoms with Crippen molar-refractivity contribution in [1.29, 1.82) is 0 Å². The fraction of sp³-hybridized carbons (Fsp3) is 0.333. The van der Waals surface area contributed by atoms with Crippen LogP contribution in [0.1, 0.15) is 23.0 Å². The number of carbonyl (C=O) groups is 1. The lowest BCUT2D eigenvalue weighted by molar-refractivity contribution is -0.118. The second-order valence-corrected chi connectivity index (χ2v) is 12.8. The first kappa shape index (κ1) is 28.4. The van der Waals surface area contributed by atoms with Gasteiger partial charge in [0.1, 0.15) is 11.7 Å². The van der Waals surface area contributed by atoms with Gasteiger partial charge in [-0.1, -0.05) is 47.5 Å². The fourth-order valence-electron chi connectivity index (χ4n) is 5.87. The normalized spacial score (nSPS) is 18.3. The molecule has 7 rings (SSSR count).